The Hall–Kier alpha value is -1.39. The maximum atomic E-state index is 10.2. The molecule has 0 aliphatic carbocycles. The van der Waals surface area contributed by atoms with Crippen molar-refractivity contribution in [3.63, 3.8) is 0 Å². The zero-order valence-electron chi connectivity index (χ0n) is 12.7. The van der Waals surface area contributed by atoms with E-state index in [2.05, 4.69) is 36.0 Å². The molecule has 1 unspecified atom stereocenters. The van der Waals surface area contributed by atoms with Gasteiger partial charge in [-0.25, -0.2) is 0 Å². The second kappa shape index (κ2) is 6.86. The number of hydrogen-bond donors (Lipinski definition) is 1. The van der Waals surface area contributed by atoms with Crippen LogP contribution in [0.25, 0.3) is 10.9 Å². The average Bonchev–Trinajstić information content (AvgIpc) is 2.77. The van der Waals surface area contributed by atoms with Gasteiger partial charge in [-0.15, -0.1) is 0 Å². The molecule has 2 aromatic rings. The van der Waals surface area contributed by atoms with Crippen LogP contribution in [0.5, 0.6) is 0 Å². The first-order chi connectivity index (χ1) is 9.65. The second-order valence-electron chi connectivity index (χ2n) is 5.26. The van der Waals surface area contributed by atoms with E-state index in [1.165, 1.54) is 0 Å². The van der Waals surface area contributed by atoms with Crippen LogP contribution in [0.15, 0.2) is 24.3 Å². The van der Waals surface area contributed by atoms with Crippen molar-refractivity contribution in [3.05, 3.63) is 30.0 Å². The van der Waals surface area contributed by atoms with Gasteiger partial charge in [-0.05, 0) is 25.6 Å². The maximum Gasteiger partial charge on any atom is 0.0728 e. The van der Waals surface area contributed by atoms with Gasteiger partial charge in [0.2, 0.25) is 0 Å². The highest BCUT2D eigenvalue weighted by molar-refractivity contribution is 5.81. The third kappa shape index (κ3) is 3.38. The molecule has 0 aliphatic rings. The number of hydrogen-bond acceptors (Lipinski definition) is 3. The number of para-hydroxylation sites is 1. The number of aliphatic hydroxyl groups is 1. The van der Waals surface area contributed by atoms with Crippen LogP contribution in [0.2, 0.25) is 0 Å². The van der Waals surface area contributed by atoms with E-state index in [4.69, 9.17) is 0 Å². The van der Waals surface area contributed by atoms with Gasteiger partial charge in [-0.2, -0.15) is 5.10 Å². The van der Waals surface area contributed by atoms with E-state index in [0.717, 1.165) is 42.7 Å². The quantitative estimate of drug-likeness (QED) is 0.842. The zero-order valence-corrected chi connectivity index (χ0v) is 12.7. The van der Waals surface area contributed by atoms with Gasteiger partial charge in [0, 0.05) is 25.4 Å². The van der Waals surface area contributed by atoms with Crippen LogP contribution < -0.4 is 0 Å². The summed E-state index contributed by atoms with van der Waals surface area (Å²) in [6.07, 6.45) is 1.10. The SMILES string of the molecule is CCN(CC)CCC(O)Cc1nn(C)c2ccccc12. The molecule has 110 valence electrons. The van der Waals surface area contributed by atoms with Crippen LogP contribution >= 0.6 is 0 Å². The maximum absolute atomic E-state index is 10.2. The monoisotopic (exact) mass is 275 g/mol. The Bertz CT molecular complexity index is 546. The Kier molecular flexibility index (Phi) is 5.15. The van der Waals surface area contributed by atoms with Gasteiger partial charge in [-0.3, -0.25) is 4.68 Å². The van der Waals surface area contributed by atoms with E-state index >= 15 is 0 Å². The van der Waals surface area contributed by atoms with Crippen LogP contribution in [0.4, 0.5) is 0 Å². The summed E-state index contributed by atoms with van der Waals surface area (Å²) in [5.41, 5.74) is 2.12. The van der Waals surface area contributed by atoms with E-state index in [0.29, 0.717) is 6.42 Å². The van der Waals surface area contributed by atoms with Crippen molar-refractivity contribution in [2.75, 3.05) is 19.6 Å². The molecule has 20 heavy (non-hydrogen) atoms. The number of benzene rings is 1. The Morgan fingerprint density at radius 2 is 1.95 bits per heavy atom. The summed E-state index contributed by atoms with van der Waals surface area (Å²) in [6, 6.07) is 8.18. The van der Waals surface area contributed by atoms with Crippen LogP contribution in [0, 0.1) is 0 Å². The smallest absolute Gasteiger partial charge is 0.0728 e. The Morgan fingerprint density at radius 3 is 2.65 bits per heavy atom. The predicted octanol–water partition coefficient (Wildman–Crippen LogP) is 2.21. The second-order valence-corrected chi connectivity index (χ2v) is 5.26. The molecule has 0 radical (unpaired) electrons. The highest BCUT2D eigenvalue weighted by Crippen LogP contribution is 2.19. The van der Waals surface area contributed by atoms with Crippen molar-refractivity contribution < 1.29 is 5.11 Å². The Balaban J connectivity index is 2.01. The minimum atomic E-state index is -0.325. The molecule has 1 aromatic heterocycles. The molecule has 2 rings (SSSR count). The minimum Gasteiger partial charge on any atom is -0.393 e. The lowest BCUT2D eigenvalue weighted by molar-refractivity contribution is 0.143. The number of aryl methyl sites for hydroxylation is 1. The molecule has 0 aliphatic heterocycles. The van der Waals surface area contributed by atoms with Crippen LogP contribution in [0.3, 0.4) is 0 Å². The Morgan fingerprint density at radius 1 is 1.25 bits per heavy atom. The third-order valence-corrected chi connectivity index (χ3v) is 3.94. The van der Waals surface area contributed by atoms with Crippen LogP contribution in [-0.2, 0) is 13.5 Å². The first-order valence-electron chi connectivity index (χ1n) is 7.46. The summed E-state index contributed by atoms with van der Waals surface area (Å²) < 4.78 is 1.89. The van der Waals surface area contributed by atoms with Gasteiger partial charge < -0.3 is 10.0 Å². The fourth-order valence-corrected chi connectivity index (χ4v) is 2.64. The average molecular weight is 275 g/mol. The highest BCUT2D eigenvalue weighted by Gasteiger charge is 2.13. The van der Waals surface area contributed by atoms with Crippen LogP contribution in [0.1, 0.15) is 26.0 Å². The molecule has 0 fully saturated rings. The van der Waals surface area contributed by atoms with Gasteiger partial charge in [0.15, 0.2) is 0 Å². The van der Waals surface area contributed by atoms with Gasteiger partial charge >= 0.3 is 0 Å². The zero-order chi connectivity index (χ0) is 14.5. The molecular formula is C16H25N3O. The minimum absolute atomic E-state index is 0.325. The fraction of sp³-hybridized carbons (Fsp3) is 0.562. The Labute approximate surface area is 121 Å². The lowest BCUT2D eigenvalue weighted by atomic mass is 10.1. The number of aromatic nitrogens is 2. The van der Waals surface area contributed by atoms with Crippen molar-refractivity contribution in [1.29, 1.82) is 0 Å². The number of fused-ring (bicyclic) bond motifs is 1. The fourth-order valence-electron chi connectivity index (χ4n) is 2.64. The van der Waals surface area contributed by atoms with Gasteiger partial charge in [0.05, 0.1) is 17.3 Å². The summed E-state index contributed by atoms with van der Waals surface area (Å²) in [5, 5.41) is 15.9. The first kappa shape index (κ1) is 15.0. The predicted molar refractivity (Wildman–Crippen MR) is 82.8 cm³/mol. The third-order valence-electron chi connectivity index (χ3n) is 3.94. The molecule has 0 saturated carbocycles. The van der Waals surface area contributed by atoms with E-state index in [1.807, 2.05) is 23.9 Å². The van der Waals surface area contributed by atoms with Crippen LogP contribution in [-0.4, -0.2) is 45.5 Å². The summed E-state index contributed by atoms with van der Waals surface area (Å²) in [7, 11) is 1.95. The lowest BCUT2D eigenvalue weighted by Gasteiger charge is -2.19. The first-order valence-corrected chi connectivity index (χ1v) is 7.46. The van der Waals surface area contributed by atoms with E-state index in [-0.39, 0.29) is 6.10 Å². The molecule has 1 aromatic carbocycles. The molecule has 0 amide bonds. The summed E-state index contributed by atoms with van der Waals surface area (Å²) >= 11 is 0. The van der Waals surface area contributed by atoms with E-state index in [9.17, 15) is 5.11 Å². The number of nitrogens with zero attached hydrogens (tertiary/aromatic N) is 3. The van der Waals surface area contributed by atoms with Gasteiger partial charge in [-0.1, -0.05) is 32.0 Å². The molecule has 0 saturated heterocycles. The summed E-state index contributed by atoms with van der Waals surface area (Å²) in [5.74, 6) is 0. The largest absolute Gasteiger partial charge is 0.393 e. The molecule has 1 atom stereocenters. The molecule has 1 heterocycles. The normalized spacial score (nSPS) is 13.2. The van der Waals surface area contributed by atoms with Gasteiger partial charge in [0.25, 0.3) is 0 Å². The van der Waals surface area contributed by atoms with Crippen molar-refractivity contribution in [2.45, 2.75) is 32.8 Å². The number of aliphatic hydroxyl groups excluding tert-OH is 1. The highest BCUT2D eigenvalue weighted by atomic mass is 16.3. The van der Waals surface area contributed by atoms with Crippen molar-refractivity contribution in [2.24, 2.45) is 7.05 Å². The molecule has 4 nitrogen and oxygen atoms in total. The van der Waals surface area contributed by atoms with Crippen molar-refractivity contribution >= 4 is 10.9 Å². The van der Waals surface area contributed by atoms with Gasteiger partial charge in [0.1, 0.15) is 0 Å². The molecular weight excluding hydrogens is 250 g/mol. The molecule has 0 spiro atoms. The molecule has 0 bridgehead atoms. The summed E-state index contributed by atoms with van der Waals surface area (Å²) in [4.78, 5) is 2.33. The molecule has 4 heteroatoms. The van der Waals surface area contributed by atoms with E-state index < -0.39 is 0 Å². The lowest BCUT2D eigenvalue weighted by Crippen LogP contribution is -2.27. The number of rotatable bonds is 7. The van der Waals surface area contributed by atoms with Crippen molar-refractivity contribution in [3.8, 4) is 0 Å². The summed E-state index contributed by atoms with van der Waals surface area (Å²) in [6.45, 7) is 7.33. The molecule has 1 N–H and O–H groups in total. The van der Waals surface area contributed by atoms with Crippen molar-refractivity contribution in [1.82, 2.24) is 14.7 Å². The van der Waals surface area contributed by atoms with E-state index in [1.54, 1.807) is 0 Å². The topological polar surface area (TPSA) is 41.3 Å². The standard InChI is InChI=1S/C16H25N3O/c1-4-19(5-2)11-10-13(20)12-15-14-8-6-7-9-16(14)18(3)17-15/h6-9,13,20H,4-5,10-12H2,1-3H3.